The van der Waals surface area contributed by atoms with Gasteiger partial charge in [-0.05, 0) is 33.0 Å². The molecule has 2 atom stereocenters. The summed E-state index contributed by atoms with van der Waals surface area (Å²) < 4.78 is 5.43. The molecule has 1 fully saturated rings. The molecule has 0 aromatic heterocycles. The van der Waals surface area contributed by atoms with Crippen molar-refractivity contribution in [3.63, 3.8) is 0 Å². The van der Waals surface area contributed by atoms with Crippen LogP contribution in [0.1, 0.15) is 17.5 Å². The summed E-state index contributed by atoms with van der Waals surface area (Å²) in [5.41, 5.74) is 2.36. The number of hydrogen-bond acceptors (Lipinski definition) is 4. The van der Waals surface area contributed by atoms with Crippen LogP contribution < -0.4 is 5.32 Å². The maximum absolute atomic E-state index is 12.1. The highest BCUT2D eigenvalue weighted by molar-refractivity contribution is 5.77. The predicted octanol–water partition coefficient (Wildman–Crippen LogP) is 1.26. The van der Waals surface area contributed by atoms with Crippen molar-refractivity contribution < 1.29 is 9.53 Å². The summed E-state index contributed by atoms with van der Waals surface area (Å²) in [7, 11) is 5.89. The lowest BCUT2D eigenvalue weighted by atomic mass is 10.1. The lowest BCUT2D eigenvalue weighted by Crippen LogP contribution is -2.41. The highest BCUT2D eigenvalue weighted by atomic mass is 16.5. The van der Waals surface area contributed by atoms with Crippen LogP contribution in [0.2, 0.25) is 0 Å². The minimum absolute atomic E-state index is 0.0667. The van der Waals surface area contributed by atoms with Gasteiger partial charge in [0.25, 0.3) is 0 Å². The molecule has 1 aliphatic heterocycles. The summed E-state index contributed by atoms with van der Waals surface area (Å²) in [6.45, 7) is 4.92. The number of benzene rings is 1. The molecular weight excluding hydrogens is 290 g/mol. The molecule has 1 saturated heterocycles. The van der Waals surface area contributed by atoms with Crippen LogP contribution in [0.25, 0.3) is 0 Å². The topological polar surface area (TPSA) is 44.8 Å². The lowest BCUT2D eigenvalue weighted by molar-refractivity contribution is -0.122. The van der Waals surface area contributed by atoms with Crippen LogP contribution in [0, 0.1) is 6.92 Å². The quantitative estimate of drug-likeness (QED) is 0.822. The Labute approximate surface area is 139 Å². The van der Waals surface area contributed by atoms with Gasteiger partial charge in [0, 0.05) is 32.8 Å². The van der Waals surface area contributed by atoms with Gasteiger partial charge >= 0.3 is 0 Å². The maximum atomic E-state index is 12.1. The number of likely N-dealkylation sites (N-methyl/N-ethyl adjacent to an activating group) is 2. The molecule has 1 N–H and O–H groups in total. The molecule has 0 aliphatic carbocycles. The second-order valence-electron chi connectivity index (χ2n) is 6.65. The van der Waals surface area contributed by atoms with E-state index in [1.807, 2.05) is 7.05 Å². The second kappa shape index (κ2) is 8.43. The number of ether oxygens (including phenoxy) is 1. The third-order valence-corrected chi connectivity index (χ3v) is 4.53. The number of likely N-dealkylation sites (tertiary alicyclic amines) is 1. The Bertz CT molecular complexity index is 503. The number of aryl methyl sites for hydroxylation is 1. The molecule has 0 spiro atoms. The minimum atomic E-state index is 0.0667. The van der Waals surface area contributed by atoms with E-state index in [0.29, 0.717) is 25.2 Å². The molecule has 0 unspecified atom stereocenters. The van der Waals surface area contributed by atoms with Gasteiger partial charge in [0.15, 0.2) is 0 Å². The fraction of sp³-hybridized carbons (Fsp3) is 0.611. The van der Waals surface area contributed by atoms with Crippen LogP contribution in [-0.4, -0.2) is 68.7 Å². The van der Waals surface area contributed by atoms with Crippen molar-refractivity contribution in [2.75, 3.05) is 40.8 Å². The molecule has 1 amide bonds. The maximum Gasteiger partial charge on any atom is 0.234 e. The number of carbonyl (C=O) groups is 1. The Hall–Kier alpha value is -1.43. The smallest absolute Gasteiger partial charge is 0.234 e. The first-order valence-corrected chi connectivity index (χ1v) is 8.21. The van der Waals surface area contributed by atoms with Crippen LogP contribution in [0.15, 0.2) is 24.3 Å². The van der Waals surface area contributed by atoms with Crippen molar-refractivity contribution in [2.24, 2.45) is 0 Å². The molecule has 1 aliphatic rings. The molecule has 2 rings (SSSR count). The summed E-state index contributed by atoms with van der Waals surface area (Å²) in [5.74, 6) is 0.0667. The third-order valence-electron chi connectivity index (χ3n) is 4.53. The van der Waals surface area contributed by atoms with E-state index in [2.05, 4.69) is 53.4 Å². The Morgan fingerprint density at radius 2 is 2.09 bits per heavy atom. The molecule has 5 nitrogen and oxygen atoms in total. The number of methoxy groups -OCH3 is 1. The summed E-state index contributed by atoms with van der Waals surface area (Å²) in [6.07, 6.45) is 1.34. The monoisotopic (exact) mass is 319 g/mol. The van der Waals surface area contributed by atoms with Crippen LogP contribution in [-0.2, 0) is 16.1 Å². The zero-order valence-corrected chi connectivity index (χ0v) is 14.7. The summed E-state index contributed by atoms with van der Waals surface area (Å²) in [5, 5.41) is 2.99. The van der Waals surface area contributed by atoms with Gasteiger partial charge in [-0.15, -0.1) is 0 Å². The van der Waals surface area contributed by atoms with E-state index in [4.69, 9.17) is 4.74 Å². The van der Waals surface area contributed by atoms with Crippen LogP contribution in [0.4, 0.5) is 0 Å². The number of nitrogens with zero attached hydrogens (tertiary/aromatic N) is 2. The van der Waals surface area contributed by atoms with Gasteiger partial charge in [0.05, 0.1) is 12.6 Å². The van der Waals surface area contributed by atoms with Gasteiger partial charge in [0.2, 0.25) is 5.91 Å². The Morgan fingerprint density at radius 1 is 1.39 bits per heavy atom. The van der Waals surface area contributed by atoms with Crippen molar-refractivity contribution in [3.8, 4) is 0 Å². The van der Waals surface area contributed by atoms with E-state index < -0.39 is 0 Å². The average molecular weight is 319 g/mol. The molecule has 1 aromatic carbocycles. The number of carbonyl (C=O) groups excluding carboxylic acids is 1. The minimum Gasteiger partial charge on any atom is -0.380 e. The fourth-order valence-corrected chi connectivity index (χ4v) is 3.04. The summed E-state index contributed by atoms with van der Waals surface area (Å²) in [6, 6.07) is 8.69. The van der Waals surface area contributed by atoms with E-state index in [1.54, 1.807) is 7.11 Å². The zero-order valence-electron chi connectivity index (χ0n) is 14.7. The van der Waals surface area contributed by atoms with Gasteiger partial charge in [-0.2, -0.15) is 0 Å². The fourth-order valence-electron chi connectivity index (χ4n) is 3.04. The molecule has 128 valence electrons. The third kappa shape index (κ3) is 5.61. The van der Waals surface area contributed by atoms with Crippen molar-refractivity contribution in [1.82, 2.24) is 15.1 Å². The van der Waals surface area contributed by atoms with E-state index in [9.17, 15) is 4.79 Å². The van der Waals surface area contributed by atoms with E-state index in [-0.39, 0.29) is 5.91 Å². The number of amides is 1. The number of rotatable bonds is 7. The Morgan fingerprint density at radius 3 is 2.70 bits per heavy atom. The molecule has 0 bridgehead atoms. The molecular formula is C18H29N3O2. The van der Waals surface area contributed by atoms with Crippen molar-refractivity contribution in [3.05, 3.63) is 35.4 Å². The van der Waals surface area contributed by atoms with Crippen molar-refractivity contribution in [1.29, 1.82) is 0 Å². The molecule has 1 aromatic rings. The molecule has 0 saturated carbocycles. The molecule has 23 heavy (non-hydrogen) atoms. The van der Waals surface area contributed by atoms with Crippen LogP contribution >= 0.6 is 0 Å². The van der Waals surface area contributed by atoms with Gasteiger partial charge in [-0.1, -0.05) is 29.8 Å². The van der Waals surface area contributed by atoms with Crippen LogP contribution in [0.5, 0.6) is 0 Å². The Balaban J connectivity index is 1.71. The average Bonchev–Trinajstić information content (AvgIpc) is 2.87. The van der Waals surface area contributed by atoms with E-state index in [0.717, 1.165) is 25.1 Å². The normalized spacial score (nSPS) is 21.8. The van der Waals surface area contributed by atoms with Crippen molar-refractivity contribution in [2.45, 2.75) is 32.0 Å². The van der Waals surface area contributed by atoms with Gasteiger partial charge in [0.1, 0.15) is 0 Å². The molecule has 5 heteroatoms. The Kier molecular flexibility index (Phi) is 6.57. The molecule has 0 radical (unpaired) electrons. The summed E-state index contributed by atoms with van der Waals surface area (Å²) >= 11 is 0. The zero-order chi connectivity index (χ0) is 16.8. The first-order chi connectivity index (χ1) is 11.0. The van der Waals surface area contributed by atoms with Crippen molar-refractivity contribution >= 4 is 5.91 Å². The van der Waals surface area contributed by atoms with Gasteiger partial charge < -0.3 is 10.1 Å². The second-order valence-corrected chi connectivity index (χ2v) is 6.65. The standard InChI is InChI=1S/C18H29N3O2/c1-14-5-7-15(8-6-14)10-19-18(22)13-20(2)11-16-9-17(23-4)12-21(16)3/h5-8,16-17H,9-13H2,1-4H3,(H,19,22)/t16-,17-/m0/s1. The molecule has 1 heterocycles. The highest BCUT2D eigenvalue weighted by Gasteiger charge is 2.30. The van der Waals surface area contributed by atoms with Gasteiger partial charge in [-0.3, -0.25) is 14.6 Å². The number of hydrogen-bond donors (Lipinski definition) is 1. The SMILES string of the molecule is CO[C@H]1C[C@@H](CN(C)CC(=O)NCc2ccc(C)cc2)N(C)C1. The van der Waals surface area contributed by atoms with Crippen LogP contribution in [0.3, 0.4) is 0 Å². The first-order valence-electron chi connectivity index (χ1n) is 8.21. The van der Waals surface area contributed by atoms with Gasteiger partial charge in [-0.25, -0.2) is 0 Å². The van der Waals surface area contributed by atoms with E-state index >= 15 is 0 Å². The predicted molar refractivity (Wildman–Crippen MR) is 92.4 cm³/mol. The first kappa shape index (κ1) is 17.9. The highest BCUT2D eigenvalue weighted by Crippen LogP contribution is 2.18. The van der Waals surface area contributed by atoms with E-state index in [1.165, 1.54) is 5.56 Å². The summed E-state index contributed by atoms with van der Waals surface area (Å²) in [4.78, 5) is 16.5. The largest absolute Gasteiger partial charge is 0.380 e. The number of nitrogens with one attached hydrogen (secondary N) is 1. The lowest BCUT2D eigenvalue weighted by Gasteiger charge is -2.25.